The van der Waals surface area contributed by atoms with Crippen molar-refractivity contribution in [2.45, 2.75) is 40.2 Å². The van der Waals surface area contributed by atoms with Gasteiger partial charge in [0.05, 0.1) is 0 Å². The Morgan fingerprint density at radius 3 is 2.59 bits per heavy atom. The van der Waals surface area contributed by atoms with Crippen molar-refractivity contribution in [3.05, 3.63) is 36.3 Å². The summed E-state index contributed by atoms with van der Waals surface area (Å²) in [6.07, 6.45) is 4.05. The van der Waals surface area contributed by atoms with Gasteiger partial charge >= 0.3 is 0 Å². The molecule has 3 rings (SSSR count). The fourth-order valence-electron chi connectivity index (χ4n) is 2.91. The molecule has 0 saturated carbocycles. The molecule has 3 aromatic rings. The lowest BCUT2D eigenvalue weighted by atomic mass is 10.0. The van der Waals surface area contributed by atoms with Crippen molar-refractivity contribution in [2.75, 3.05) is 0 Å². The average molecular weight is 296 g/mol. The molecule has 0 spiro atoms. The van der Waals surface area contributed by atoms with Gasteiger partial charge in [-0.05, 0) is 35.6 Å². The molecule has 0 aliphatic heterocycles. The van der Waals surface area contributed by atoms with Crippen LogP contribution in [0, 0.1) is 5.92 Å². The minimum atomic E-state index is 0.505. The molecule has 0 radical (unpaired) electrons. The Morgan fingerprint density at radius 1 is 1.14 bits per heavy atom. The van der Waals surface area contributed by atoms with Crippen molar-refractivity contribution in [3.63, 3.8) is 0 Å². The Bertz CT molecular complexity index is 793. The van der Waals surface area contributed by atoms with E-state index in [-0.39, 0.29) is 0 Å². The van der Waals surface area contributed by atoms with E-state index < -0.39 is 0 Å². The molecule has 0 amide bonds. The highest BCUT2D eigenvalue weighted by Gasteiger charge is 2.12. The lowest BCUT2D eigenvalue weighted by Crippen LogP contribution is -2.04. The first-order chi connectivity index (χ1) is 10.5. The highest BCUT2D eigenvalue weighted by atomic mass is 15.3. The van der Waals surface area contributed by atoms with Gasteiger partial charge in [-0.2, -0.15) is 5.10 Å². The van der Waals surface area contributed by atoms with Crippen LogP contribution in [0.2, 0.25) is 0 Å². The first-order valence-electron chi connectivity index (χ1n) is 7.94. The van der Waals surface area contributed by atoms with Crippen LogP contribution in [0.4, 0.5) is 0 Å². The van der Waals surface area contributed by atoms with Crippen molar-refractivity contribution in [1.82, 2.24) is 19.3 Å². The van der Waals surface area contributed by atoms with Crippen molar-refractivity contribution < 1.29 is 0 Å². The number of hydrogen-bond acceptors (Lipinski definition) is 2. The van der Waals surface area contributed by atoms with E-state index in [1.165, 1.54) is 16.5 Å². The highest BCUT2D eigenvalue weighted by Crippen LogP contribution is 2.30. The second-order valence-corrected chi connectivity index (χ2v) is 6.77. The van der Waals surface area contributed by atoms with E-state index in [4.69, 9.17) is 0 Å². The summed E-state index contributed by atoms with van der Waals surface area (Å²) in [5.74, 6) is 1.88. The van der Waals surface area contributed by atoms with E-state index in [0.29, 0.717) is 11.8 Å². The normalized spacial score (nSPS) is 12.0. The highest BCUT2D eigenvalue weighted by molar-refractivity contribution is 5.88. The van der Waals surface area contributed by atoms with Crippen LogP contribution in [0.25, 0.3) is 22.3 Å². The first-order valence-corrected chi connectivity index (χ1v) is 7.94. The molecule has 22 heavy (non-hydrogen) atoms. The van der Waals surface area contributed by atoms with Crippen LogP contribution in [-0.2, 0) is 13.6 Å². The number of aryl methyl sites for hydroxylation is 1. The van der Waals surface area contributed by atoms with Gasteiger partial charge in [-0.1, -0.05) is 27.7 Å². The number of benzene rings is 1. The third kappa shape index (κ3) is 2.65. The van der Waals surface area contributed by atoms with Crippen LogP contribution >= 0.6 is 0 Å². The van der Waals surface area contributed by atoms with Crippen molar-refractivity contribution in [2.24, 2.45) is 13.0 Å². The molecule has 0 aliphatic rings. The fourth-order valence-corrected chi connectivity index (χ4v) is 2.91. The van der Waals surface area contributed by atoms with Crippen molar-refractivity contribution >= 4 is 10.9 Å². The number of fused-ring (bicyclic) bond motifs is 1. The quantitative estimate of drug-likeness (QED) is 0.722. The van der Waals surface area contributed by atoms with Crippen molar-refractivity contribution in [3.8, 4) is 11.4 Å². The standard InChI is InChI=1S/C18H24N4/c1-12(2)9-22-11-19-18(20-22)14-6-7-17-15(8-14)16(13(3)4)10-21(17)5/h6-8,10-13H,9H2,1-5H3. The summed E-state index contributed by atoms with van der Waals surface area (Å²) in [6, 6.07) is 6.50. The SMILES string of the molecule is CC(C)Cn1cnc(-c2ccc3c(c2)c(C(C)C)cn3C)n1. The fraction of sp³-hybridized carbons (Fsp3) is 0.444. The zero-order valence-electron chi connectivity index (χ0n) is 14.0. The van der Waals surface area contributed by atoms with Crippen LogP contribution in [0.3, 0.4) is 0 Å². The molecule has 4 heteroatoms. The summed E-state index contributed by atoms with van der Waals surface area (Å²) >= 11 is 0. The smallest absolute Gasteiger partial charge is 0.181 e. The summed E-state index contributed by atoms with van der Waals surface area (Å²) in [5.41, 5.74) is 3.72. The third-order valence-corrected chi connectivity index (χ3v) is 3.99. The van der Waals surface area contributed by atoms with Crippen LogP contribution in [0.1, 0.15) is 39.2 Å². The molecule has 0 unspecified atom stereocenters. The molecule has 2 heterocycles. The Balaban J connectivity index is 2.04. The second-order valence-electron chi connectivity index (χ2n) is 6.77. The summed E-state index contributed by atoms with van der Waals surface area (Å²) < 4.78 is 4.12. The Morgan fingerprint density at radius 2 is 1.91 bits per heavy atom. The minimum absolute atomic E-state index is 0.505. The zero-order valence-corrected chi connectivity index (χ0v) is 14.0. The second kappa shape index (κ2) is 5.59. The lowest BCUT2D eigenvalue weighted by Gasteiger charge is -2.04. The molecule has 0 saturated heterocycles. The Kier molecular flexibility index (Phi) is 3.77. The molecular weight excluding hydrogens is 272 g/mol. The van der Waals surface area contributed by atoms with Gasteiger partial charge < -0.3 is 4.57 Å². The maximum absolute atomic E-state index is 4.61. The molecule has 0 bridgehead atoms. The van der Waals surface area contributed by atoms with Gasteiger partial charge in [0.25, 0.3) is 0 Å². The van der Waals surface area contributed by atoms with Crippen molar-refractivity contribution in [1.29, 1.82) is 0 Å². The van der Waals surface area contributed by atoms with E-state index in [1.54, 1.807) is 0 Å². The molecule has 0 N–H and O–H groups in total. The minimum Gasteiger partial charge on any atom is -0.350 e. The van der Waals surface area contributed by atoms with E-state index >= 15 is 0 Å². The summed E-state index contributed by atoms with van der Waals surface area (Å²) in [7, 11) is 2.10. The predicted octanol–water partition coefficient (Wildman–Crippen LogP) is 4.22. The Hall–Kier alpha value is -2.10. The van der Waals surface area contributed by atoms with E-state index in [2.05, 4.69) is 73.8 Å². The summed E-state index contributed by atoms with van der Waals surface area (Å²) in [5, 5.41) is 5.91. The molecule has 2 aromatic heterocycles. The third-order valence-electron chi connectivity index (χ3n) is 3.99. The summed E-state index contributed by atoms with van der Waals surface area (Å²) in [6.45, 7) is 9.74. The molecular formula is C18H24N4. The molecule has 0 aliphatic carbocycles. The molecule has 0 atom stereocenters. The average Bonchev–Trinajstić information content (AvgIpc) is 3.03. The predicted molar refractivity (Wildman–Crippen MR) is 90.9 cm³/mol. The molecule has 0 fully saturated rings. The maximum atomic E-state index is 4.61. The van der Waals surface area contributed by atoms with E-state index in [9.17, 15) is 0 Å². The molecule has 4 nitrogen and oxygen atoms in total. The van der Waals surface area contributed by atoms with Crippen LogP contribution in [0.15, 0.2) is 30.7 Å². The molecule has 116 valence electrons. The number of nitrogens with zero attached hydrogens (tertiary/aromatic N) is 4. The summed E-state index contributed by atoms with van der Waals surface area (Å²) in [4.78, 5) is 4.47. The van der Waals surface area contributed by atoms with Gasteiger partial charge in [-0.3, -0.25) is 4.68 Å². The molecule has 1 aromatic carbocycles. The van der Waals surface area contributed by atoms with Crippen LogP contribution in [0.5, 0.6) is 0 Å². The number of aromatic nitrogens is 4. The number of hydrogen-bond donors (Lipinski definition) is 0. The maximum Gasteiger partial charge on any atom is 0.181 e. The van der Waals surface area contributed by atoms with Gasteiger partial charge in [0.15, 0.2) is 5.82 Å². The number of rotatable bonds is 4. The monoisotopic (exact) mass is 296 g/mol. The Labute approximate surface area is 131 Å². The van der Waals surface area contributed by atoms with Crippen LogP contribution in [-0.4, -0.2) is 19.3 Å². The van der Waals surface area contributed by atoms with Gasteiger partial charge in [-0.15, -0.1) is 0 Å². The van der Waals surface area contributed by atoms with Gasteiger partial charge in [0.2, 0.25) is 0 Å². The lowest BCUT2D eigenvalue weighted by molar-refractivity contribution is 0.483. The van der Waals surface area contributed by atoms with E-state index in [1.807, 2.05) is 11.0 Å². The topological polar surface area (TPSA) is 35.6 Å². The van der Waals surface area contributed by atoms with Gasteiger partial charge in [-0.25, -0.2) is 4.98 Å². The largest absolute Gasteiger partial charge is 0.350 e. The first kappa shape index (κ1) is 14.8. The van der Waals surface area contributed by atoms with Gasteiger partial charge in [0.1, 0.15) is 6.33 Å². The zero-order chi connectivity index (χ0) is 15.9. The van der Waals surface area contributed by atoms with Crippen LogP contribution < -0.4 is 0 Å². The van der Waals surface area contributed by atoms with Gasteiger partial charge in [0, 0.05) is 36.3 Å². The van der Waals surface area contributed by atoms with E-state index in [0.717, 1.165) is 17.9 Å².